The molecule has 2 atom stereocenters. The number of amides is 1. The normalized spacial score (nSPS) is 26.4. The lowest BCUT2D eigenvalue weighted by Crippen LogP contribution is -2.38. The quantitative estimate of drug-likeness (QED) is 0.626. The first kappa shape index (κ1) is 11.5. The van der Waals surface area contributed by atoms with E-state index in [1.165, 1.54) is 12.8 Å². The second kappa shape index (κ2) is 5.98. The van der Waals surface area contributed by atoms with Gasteiger partial charge in [0, 0.05) is 12.6 Å². The lowest BCUT2D eigenvalue weighted by atomic mass is 10.1. The van der Waals surface area contributed by atoms with E-state index in [2.05, 4.69) is 12.2 Å². The smallest absolute Gasteiger partial charge is 0.246 e. The number of ether oxygens (including phenoxy) is 1. The van der Waals surface area contributed by atoms with Crippen molar-refractivity contribution in [2.24, 2.45) is 11.7 Å². The van der Waals surface area contributed by atoms with E-state index in [4.69, 9.17) is 10.5 Å². The third-order valence-electron chi connectivity index (χ3n) is 2.70. The number of nitrogens with one attached hydrogen (secondary N) is 1. The molecule has 1 rings (SSSR count). The van der Waals surface area contributed by atoms with Crippen molar-refractivity contribution in [1.82, 2.24) is 5.32 Å². The van der Waals surface area contributed by atoms with Crippen molar-refractivity contribution in [3.63, 3.8) is 0 Å². The van der Waals surface area contributed by atoms with E-state index < -0.39 is 0 Å². The Balaban J connectivity index is 2.13. The van der Waals surface area contributed by atoms with Gasteiger partial charge in [-0.25, -0.2) is 0 Å². The lowest BCUT2D eigenvalue weighted by molar-refractivity contribution is -0.126. The third-order valence-corrected chi connectivity index (χ3v) is 2.70. The monoisotopic (exact) mass is 200 g/mol. The van der Waals surface area contributed by atoms with Crippen LogP contribution in [0.1, 0.15) is 26.2 Å². The summed E-state index contributed by atoms with van der Waals surface area (Å²) in [6.07, 6.45) is 3.54. The molecule has 14 heavy (non-hydrogen) atoms. The molecule has 1 aliphatic rings. The van der Waals surface area contributed by atoms with Crippen molar-refractivity contribution in [2.75, 3.05) is 19.8 Å². The van der Waals surface area contributed by atoms with Crippen LogP contribution in [0.15, 0.2) is 0 Å². The van der Waals surface area contributed by atoms with Crippen molar-refractivity contribution in [2.45, 2.75) is 32.2 Å². The van der Waals surface area contributed by atoms with Gasteiger partial charge in [0.2, 0.25) is 5.91 Å². The van der Waals surface area contributed by atoms with Gasteiger partial charge < -0.3 is 15.8 Å². The van der Waals surface area contributed by atoms with Crippen LogP contribution in [0.5, 0.6) is 0 Å². The average Bonchev–Trinajstić information content (AvgIpc) is 2.52. The van der Waals surface area contributed by atoms with Crippen molar-refractivity contribution < 1.29 is 9.53 Å². The molecule has 0 radical (unpaired) electrons. The van der Waals surface area contributed by atoms with Crippen molar-refractivity contribution in [1.29, 1.82) is 0 Å². The Morgan fingerprint density at radius 3 is 2.93 bits per heavy atom. The molecule has 0 aromatic heterocycles. The van der Waals surface area contributed by atoms with Gasteiger partial charge in [-0.2, -0.15) is 0 Å². The SMILES string of the molecule is CC1CCCC1NC(=O)COCCN. The Bertz CT molecular complexity index is 185. The molecule has 0 saturated heterocycles. The molecular weight excluding hydrogens is 180 g/mol. The highest BCUT2D eigenvalue weighted by molar-refractivity contribution is 5.77. The summed E-state index contributed by atoms with van der Waals surface area (Å²) in [6.45, 7) is 3.24. The number of carbonyl (C=O) groups excluding carboxylic acids is 1. The molecule has 4 heteroatoms. The van der Waals surface area contributed by atoms with Gasteiger partial charge >= 0.3 is 0 Å². The second-order valence-corrected chi connectivity index (χ2v) is 3.92. The maximum absolute atomic E-state index is 11.3. The third kappa shape index (κ3) is 3.64. The second-order valence-electron chi connectivity index (χ2n) is 3.92. The van der Waals surface area contributed by atoms with Gasteiger partial charge in [0.25, 0.3) is 0 Å². The van der Waals surface area contributed by atoms with Gasteiger partial charge in [-0.05, 0) is 18.8 Å². The fraction of sp³-hybridized carbons (Fsp3) is 0.900. The lowest BCUT2D eigenvalue weighted by Gasteiger charge is -2.17. The molecule has 3 N–H and O–H groups in total. The summed E-state index contributed by atoms with van der Waals surface area (Å²) < 4.78 is 5.05. The predicted molar refractivity (Wildman–Crippen MR) is 54.8 cm³/mol. The van der Waals surface area contributed by atoms with Crippen LogP contribution in [-0.2, 0) is 9.53 Å². The summed E-state index contributed by atoms with van der Waals surface area (Å²) in [7, 11) is 0. The zero-order valence-corrected chi connectivity index (χ0v) is 8.79. The van der Waals surface area contributed by atoms with E-state index in [1.54, 1.807) is 0 Å². The molecule has 0 aromatic rings. The molecular formula is C10H20N2O2. The first-order valence-electron chi connectivity index (χ1n) is 5.31. The summed E-state index contributed by atoms with van der Waals surface area (Å²) in [5.74, 6) is 0.589. The van der Waals surface area contributed by atoms with Crippen LogP contribution in [-0.4, -0.2) is 31.7 Å². The van der Waals surface area contributed by atoms with Crippen LogP contribution in [0.25, 0.3) is 0 Å². The molecule has 1 fully saturated rings. The number of rotatable bonds is 5. The minimum absolute atomic E-state index is 0.0165. The molecule has 4 nitrogen and oxygen atoms in total. The van der Waals surface area contributed by atoms with E-state index in [1.807, 2.05) is 0 Å². The zero-order chi connectivity index (χ0) is 10.4. The topological polar surface area (TPSA) is 64.3 Å². The van der Waals surface area contributed by atoms with Gasteiger partial charge in [0.15, 0.2) is 0 Å². The Kier molecular flexibility index (Phi) is 4.90. The van der Waals surface area contributed by atoms with Crippen molar-refractivity contribution >= 4 is 5.91 Å². The fourth-order valence-corrected chi connectivity index (χ4v) is 1.86. The van der Waals surface area contributed by atoms with Gasteiger partial charge in [-0.1, -0.05) is 13.3 Å². The van der Waals surface area contributed by atoms with Crippen LogP contribution < -0.4 is 11.1 Å². The van der Waals surface area contributed by atoms with E-state index in [0.717, 1.165) is 6.42 Å². The highest BCUT2D eigenvalue weighted by Gasteiger charge is 2.24. The molecule has 0 bridgehead atoms. The Labute approximate surface area is 85.2 Å². The Morgan fingerprint density at radius 1 is 1.57 bits per heavy atom. The number of nitrogens with two attached hydrogens (primary N) is 1. The average molecular weight is 200 g/mol. The summed E-state index contributed by atoms with van der Waals surface area (Å²) in [5.41, 5.74) is 5.24. The maximum atomic E-state index is 11.3. The maximum Gasteiger partial charge on any atom is 0.246 e. The van der Waals surface area contributed by atoms with Crippen molar-refractivity contribution in [3.05, 3.63) is 0 Å². The fourth-order valence-electron chi connectivity index (χ4n) is 1.86. The van der Waals surface area contributed by atoms with E-state index in [-0.39, 0.29) is 12.5 Å². The largest absolute Gasteiger partial charge is 0.370 e. The standard InChI is InChI=1S/C10H20N2O2/c1-8-3-2-4-9(8)12-10(13)7-14-6-5-11/h8-9H,2-7,11H2,1H3,(H,12,13). The molecule has 0 spiro atoms. The first-order valence-corrected chi connectivity index (χ1v) is 5.31. The summed E-state index contributed by atoms with van der Waals surface area (Å²) >= 11 is 0. The summed E-state index contributed by atoms with van der Waals surface area (Å²) in [4.78, 5) is 11.3. The molecule has 82 valence electrons. The molecule has 0 aromatic carbocycles. The minimum Gasteiger partial charge on any atom is -0.370 e. The van der Waals surface area contributed by atoms with E-state index in [0.29, 0.717) is 25.1 Å². The molecule has 2 unspecified atom stereocenters. The molecule has 0 heterocycles. The summed E-state index contributed by atoms with van der Waals surface area (Å²) in [6, 6.07) is 0.351. The highest BCUT2D eigenvalue weighted by Crippen LogP contribution is 2.24. The Morgan fingerprint density at radius 2 is 2.36 bits per heavy atom. The Hall–Kier alpha value is -0.610. The predicted octanol–water partition coefficient (Wildman–Crippen LogP) is 0.267. The summed E-state index contributed by atoms with van der Waals surface area (Å²) in [5, 5.41) is 2.98. The van der Waals surface area contributed by atoms with E-state index >= 15 is 0 Å². The van der Waals surface area contributed by atoms with Crippen LogP contribution in [0, 0.1) is 5.92 Å². The van der Waals surface area contributed by atoms with Gasteiger partial charge in [0.05, 0.1) is 6.61 Å². The highest BCUT2D eigenvalue weighted by atomic mass is 16.5. The molecule has 0 aliphatic heterocycles. The molecule has 1 aliphatic carbocycles. The van der Waals surface area contributed by atoms with Crippen LogP contribution in [0.3, 0.4) is 0 Å². The zero-order valence-electron chi connectivity index (χ0n) is 8.79. The van der Waals surface area contributed by atoms with Crippen LogP contribution in [0.4, 0.5) is 0 Å². The van der Waals surface area contributed by atoms with Crippen molar-refractivity contribution in [3.8, 4) is 0 Å². The van der Waals surface area contributed by atoms with Gasteiger partial charge in [0.1, 0.15) is 6.61 Å². The van der Waals surface area contributed by atoms with Crippen LogP contribution in [0.2, 0.25) is 0 Å². The number of hydrogen-bond donors (Lipinski definition) is 2. The minimum atomic E-state index is -0.0165. The number of carbonyl (C=O) groups is 1. The molecule has 1 saturated carbocycles. The van der Waals surface area contributed by atoms with Gasteiger partial charge in [-0.15, -0.1) is 0 Å². The number of hydrogen-bond acceptors (Lipinski definition) is 3. The first-order chi connectivity index (χ1) is 6.74. The van der Waals surface area contributed by atoms with Gasteiger partial charge in [-0.3, -0.25) is 4.79 Å². The van der Waals surface area contributed by atoms with Crippen LogP contribution >= 0.6 is 0 Å². The van der Waals surface area contributed by atoms with E-state index in [9.17, 15) is 4.79 Å². The molecule has 1 amide bonds.